The predicted molar refractivity (Wildman–Crippen MR) is 67.5 cm³/mol. The molecule has 1 fully saturated rings. The summed E-state index contributed by atoms with van der Waals surface area (Å²) in [6.45, 7) is 4.97. The molecule has 0 aromatic carbocycles. The number of aryl methyl sites for hydroxylation is 1. The fourth-order valence-electron chi connectivity index (χ4n) is 2.31. The summed E-state index contributed by atoms with van der Waals surface area (Å²) in [5.74, 6) is 1.27. The predicted octanol–water partition coefficient (Wildman–Crippen LogP) is 1.19. The van der Waals surface area contributed by atoms with Gasteiger partial charge in [0.05, 0.1) is 13.2 Å². The summed E-state index contributed by atoms with van der Waals surface area (Å²) in [7, 11) is 0. The molecule has 1 aliphatic heterocycles. The van der Waals surface area contributed by atoms with E-state index in [2.05, 4.69) is 20.0 Å². The minimum absolute atomic E-state index is 0.0428. The van der Waals surface area contributed by atoms with Crippen molar-refractivity contribution in [2.75, 3.05) is 26.3 Å². The van der Waals surface area contributed by atoms with Crippen LogP contribution in [0.15, 0.2) is 29.0 Å². The van der Waals surface area contributed by atoms with Gasteiger partial charge in [-0.2, -0.15) is 4.98 Å². The van der Waals surface area contributed by atoms with Crippen molar-refractivity contribution >= 4 is 0 Å². The highest BCUT2D eigenvalue weighted by molar-refractivity contribution is 5.20. The van der Waals surface area contributed by atoms with Crippen LogP contribution in [0, 0.1) is 6.92 Å². The van der Waals surface area contributed by atoms with Crippen LogP contribution < -0.4 is 0 Å². The molecule has 100 valence electrons. The van der Waals surface area contributed by atoms with Crippen LogP contribution in [0.4, 0.5) is 0 Å². The minimum atomic E-state index is -0.0428. The molecule has 1 unspecified atom stereocenters. The van der Waals surface area contributed by atoms with Gasteiger partial charge in [-0.1, -0.05) is 11.2 Å². The lowest BCUT2D eigenvalue weighted by atomic mass is 10.1. The van der Waals surface area contributed by atoms with Crippen molar-refractivity contribution in [3.05, 3.63) is 41.8 Å². The molecule has 0 saturated carbocycles. The fourth-order valence-corrected chi connectivity index (χ4v) is 2.31. The monoisotopic (exact) mass is 260 g/mol. The number of pyridine rings is 1. The van der Waals surface area contributed by atoms with Gasteiger partial charge in [0.1, 0.15) is 6.04 Å². The first-order valence-electron chi connectivity index (χ1n) is 6.36. The van der Waals surface area contributed by atoms with Gasteiger partial charge in [-0.15, -0.1) is 0 Å². The van der Waals surface area contributed by atoms with Crippen LogP contribution in [0.1, 0.15) is 23.3 Å². The number of hydrogen-bond acceptors (Lipinski definition) is 6. The van der Waals surface area contributed by atoms with Gasteiger partial charge in [-0.3, -0.25) is 9.88 Å². The van der Waals surface area contributed by atoms with E-state index in [0.717, 1.165) is 31.9 Å². The second-order valence-electron chi connectivity index (χ2n) is 4.52. The van der Waals surface area contributed by atoms with E-state index in [1.807, 2.05) is 25.3 Å². The van der Waals surface area contributed by atoms with Crippen LogP contribution in [0.5, 0.6) is 0 Å². The molecule has 0 spiro atoms. The molecule has 0 radical (unpaired) electrons. The normalized spacial score (nSPS) is 18.4. The molecule has 0 bridgehead atoms. The number of hydrogen-bond donors (Lipinski definition) is 0. The molecule has 2 aromatic rings. The van der Waals surface area contributed by atoms with Crippen molar-refractivity contribution in [3.8, 4) is 0 Å². The van der Waals surface area contributed by atoms with E-state index in [4.69, 9.17) is 9.26 Å². The number of aromatic nitrogens is 3. The number of morpholine rings is 1. The Bertz CT molecular complexity index is 522. The summed E-state index contributed by atoms with van der Waals surface area (Å²) in [6.07, 6.45) is 3.61. The topological polar surface area (TPSA) is 64.3 Å². The van der Waals surface area contributed by atoms with Crippen LogP contribution in [0.2, 0.25) is 0 Å². The van der Waals surface area contributed by atoms with Crippen LogP contribution in [0.25, 0.3) is 0 Å². The van der Waals surface area contributed by atoms with Gasteiger partial charge in [0.25, 0.3) is 0 Å². The minimum Gasteiger partial charge on any atom is -0.379 e. The van der Waals surface area contributed by atoms with Crippen LogP contribution in [0.3, 0.4) is 0 Å². The molecule has 0 amide bonds. The van der Waals surface area contributed by atoms with Crippen molar-refractivity contribution in [3.63, 3.8) is 0 Å². The Labute approximate surface area is 111 Å². The van der Waals surface area contributed by atoms with Gasteiger partial charge in [0, 0.05) is 25.5 Å². The van der Waals surface area contributed by atoms with E-state index in [9.17, 15) is 0 Å². The molecule has 1 atom stereocenters. The molecule has 19 heavy (non-hydrogen) atoms. The lowest BCUT2D eigenvalue weighted by Gasteiger charge is -2.32. The molecule has 3 rings (SSSR count). The zero-order chi connectivity index (χ0) is 13.1. The SMILES string of the molecule is Cc1noc(C(c2cccnc2)N2CCOCC2)n1. The molecule has 2 aromatic heterocycles. The van der Waals surface area contributed by atoms with Gasteiger partial charge < -0.3 is 9.26 Å². The van der Waals surface area contributed by atoms with E-state index in [1.165, 1.54) is 0 Å². The highest BCUT2D eigenvalue weighted by Crippen LogP contribution is 2.27. The Morgan fingerprint density at radius 3 is 2.79 bits per heavy atom. The summed E-state index contributed by atoms with van der Waals surface area (Å²) in [5.41, 5.74) is 1.06. The average Bonchev–Trinajstić information content (AvgIpc) is 2.88. The summed E-state index contributed by atoms with van der Waals surface area (Å²) >= 11 is 0. The molecule has 0 N–H and O–H groups in total. The van der Waals surface area contributed by atoms with Crippen LogP contribution in [-0.4, -0.2) is 46.3 Å². The summed E-state index contributed by atoms with van der Waals surface area (Å²) < 4.78 is 10.8. The first kappa shape index (κ1) is 12.3. The maximum atomic E-state index is 5.40. The summed E-state index contributed by atoms with van der Waals surface area (Å²) in [5, 5.41) is 3.89. The van der Waals surface area contributed by atoms with Gasteiger partial charge >= 0.3 is 0 Å². The first-order chi connectivity index (χ1) is 9.34. The molecular formula is C13H16N4O2. The smallest absolute Gasteiger partial charge is 0.248 e. The van der Waals surface area contributed by atoms with Crippen molar-refractivity contribution in [1.82, 2.24) is 20.0 Å². The maximum Gasteiger partial charge on any atom is 0.248 e. The zero-order valence-corrected chi connectivity index (χ0v) is 10.8. The molecule has 6 nitrogen and oxygen atoms in total. The fraction of sp³-hybridized carbons (Fsp3) is 0.462. The largest absolute Gasteiger partial charge is 0.379 e. The molecule has 0 aliphatic carbocycles. The molecule has 6 heteroatoms. The molecular weight excluding hydrogens is 244 g/mol. The van der Waals surface area contributed by atoms with E-state index < -0.39 is 0 Å². The summed E-state index contributed by atoms with van der Waals surface area (Å²) in [6, 6.07) is 3.91. The third-order valence-electron chi connectivity index (χ3n) is 3.19. The Hall–Kier alpha value is -1.79. The standard InChI is InChI=1S/C13H16N4O2/c1-10-15-13(19-16-10)12(11-3-2-4-14-9-11)17-5-7-18-8-6-17/h2-4,9,12H,5-8H2,1H3. The third kappa shape index (κ3) is 2.64. The Morgan fingerprint density at radius 1 is 1.32 bits per heavy atom. The van der Waals surface area contributed by atoms with E-state index in [1.54, 1.807) is 6.20 Å². The number of rotatable bonds is 3. The molecule has 3 heterocycles. The van der Waals surface area contributed by atoms with Crippen LogP contribution in [-0.2, 0) is 4.74 Å². The van der Waals surface area contributed by atoms with Crippen molar-refractivity contribution in [2.24, 2.45) is 0 Å². The molecule has 1 saturated heterocycles. The van der Waals surface area contributed by atoms with E-state index in [-0.39, 0.29) is 6.04 Å². The van der Waals surface area contributed by atoms with Crippen LogP contribution >= 0.6 is 0 Å². The van der Waals surface area contributed by atoms with Gasteiger partial charge in [-0.25, -0.2) is 0 Å². The summed E-state index contributed by atoms with van der Waals surface area (Å²) in [4.78, 5) is 10.8. The first-order valence-corrected chi connectivity index (χ1v) is 6.36. The highest BCUT2D eigenvalue weighted by atomic mass is 16.5. The van der Waals surface area contributed by atoms with Crippen molar-refractivity contribution in [2.45, 2.75) is 13.0 Å². The quantitative estimate of drug-likeness (QED) is 0.826. The van der Waals surface area contributed by atoms with Crippen molar-refractivity contribution in [1.29, 1.82) is 0 Å². The maximum absolute atomic E-state index is 5.40. The average molecular weight is 260 g/mol. The highest BCUT2D eigenvalue weighted by Gasteiger charge is 2.28. The second-order valence-corrected chi connectivity index (χ2v) is 4.52. The van der Waals surface area contributed by atoms with E-state index in [0.29, 0.717) is 11.7 Å². The van der Waals surface area contributed by atoms with Crippen molar-refractivity contribution < 1.29 is 9.26 Å². The Morgan fingerprint density at radius 2 is 2.16 bits per heavy atom. The van der Waals surface area contributed by atoms with Gasteiger partial charge in [0.15, 0.2) is 5.82 Å². The zero-order valence-electron chi connectivity index (χ0n) is 10.8. The Balaban J connectivity index is 1.95. The van der Waals surface area contributed by atoms with Gasteiger partial charge in [0.2, 0.25) is 5.89 Å². The third-order valence-corrected chi connectivity index (χ3v) is 3.19. The Kier molecular flexibility index (Phi) is 3.52. The number of nitrogens with zero attached hydrogens (tertiary/aromatic N) is 4. The van der Waals surface area contributed by atoms with E-state index >= 15 is 0 Å². The lowest BCUT2D eigenvalue weighted by Crippen LogP contribution is -2.39. The molecule has 1 aliphatic rings. The number of ether oxygens (including phenoxy) is 1. The second kappa shape index (κ2) is 5.46. The lowest BCUT2D eigenvalue weighted by molar-refractivity contribution is 0.0180. The van der Waals surface area contributed by atoms with Gasteiger partial charge in [-0.05, 0) is 18.6 Å².